The molecule has 0 radical (unpaired) electrons. The molecule has 0 aliphatic heterocycles. The van der Waals surface area contributed by atoms with Crippen molar-refractivity contribution >= 4 is 11.9 Å². The van der Waals surface area contributed by atoms with E-state index in [4.69, 9.17) is 0 Å². The normalized spacial score (nSPS) is 11.4. The standard InChI is InChI=1S/C10H21N3O2.H2O/c1-7(2)8(9(14)15)11-10(12(3)4)13(5)6;/h7-8H,1-6H3,(H,14,15);1H2/t8-;/m0./s1. The molecular formula is C10H23N3O3. The minimum atomic E-state index is -1.08. The first-order valence-corrected chi connectivity index (χ1v) is 4.96. The molecule has 3 N–H and O–H groups in total. The van der Waals surface area contributed by atoms with Gasteiger partial charge < -0.3 is 15.4 Å². The second-order valence-electron chi connectivity index (χ2n) is 4.30. The summed E-state index contributed by atoms with van der Waals surface area (Å²) < 4.78 is 1.83. The molecule has 6 heteroatoms. The maximum Gasteiger partial charge on any atom is 0.347 e. The number of carboxylic acid groups (broad SMARTS) is 1. The molecule has 6 nitrogen and oxygen atoms in total. The van der Waals surface area contributed by atoms with Crippen molar-refractivity contribution in [1.29, 1.82) is 0 Å². The van der Waals surface area contributed by atoms with Gasteiger partial charge in [0.2, 0.25) is 0 Å². The zero-order valence-electron chi connectivity index (χ0n) is 10.9. The molecule has 0 bridgehead atoms. The number of nitrogens with zero attached hydrogens (tertiary/aromatic N) is 2. The number of nitrogens with one attached hydrogen (secondary N) is 1. The van der Waals surface area contributed by atoms with Crippen molar-refractivity contribution in [3.63, 3.8) is 0 Å². The molecule has 0 fully saturated rings. The number of aliphatic carboxylic acids is 1. The molecule has 0 rings (SSSR count). The number of carbonyl (C=O) groups is 1. The van der Waals surface area contributed by atoms with Crippen LogP contribution in [0.25, 0.3) is 0 Å². The molecular weight excluding hydrogens is 210 g/mol. The zero-order valence-corrected chi connectivity index (χ0v) is 10.9. The fourth-order valence-corrected chi connectivity index (χ4v) is 1.30. The van der Waals surface area contributed by atoms with E-state index in [9.17, 15) is 9.90 Å². The second-order valence-corrected chi connectivity index (χ2v) is 4.30. The van der Waals surface area contributed by atoms with Gasteiger partial charge in [-0.1, -0.05) is 13.8 Å². The Hall–Kier alpha value is -1.30. The highest BCUT2D eigenvalue weighted by molar-refractivity contribution is 5.81. The minimum Gasteiger partial charge on any atom is -0.546 e. The number of hydrogen-bond donors (Lipinski definition) is 1. The monoisotopic (exact) mass is 233 g/mol. The predicted molar refractivity (Wildman–Crippen MR) is 61.2 cm³/mol. The molecule has 16 heavy (non-hydrogen) atoms. The molecule has 0 spiro atoms. The van der Waals surface area contributed by atoms with Gasteiger partial charge in [0.15, 0.2) is 0 Å². The molecule has 0 aromatic heterocycles. The van der Waals surface area contributed by atoms with Gasteiger partial charge in [-0.25, -0.2) is 0 Å². The van der Waals surface area contributed by atoms with Crippen LogP contribution in [0.1, 0.15) is 13.8 Å². The highest BCUT2D eigenvalue weighted by Crippen LogP contribution is 2.00. The number of guanidine groups is 1. The lowest BCUT2D eigenvalue weighted by molar-refractivity contribution is -0.472. The summed E-state index contributed by atoms with van der Waals surface area (Å²) in [6.45, 7) is 3.69. The van der Waals surface area contributed by atoms with Crippen molar-refractivity contribution in [3.05, 3.63) is 0 Å². The first kappa shape index (κ1) is 17.1. The van der Waals surface area contributed by atoms with Crippen molar-refractivity contribution in [2.24, 2.45) is 5.92 Å². The lowest BCUT2D eigenvalue weighted by Gasteiger charge is -2.23. The SMILES string of the molecule is CC(C)[C@H](NC(N(C)C)=[N+](C)C)C(=O)[O-].O. The molecule has 1 atom stereocenters. The van der Waals surface area contributed by atoms with Crippen LogP contribution in [0.5, 0.6) is 0 Å². The lowest BCUT2D eigenvalue weighted by Crippen LogP contribution is -2.55. The second kappa shape index (κ2) is 7.05. The number of carbonyl (C=O) groups excluding carboxylic acids is 1. The Morgan fingerprint density at radius 2 is 1.75 bits per heavy atom. The Bertz CT molecular complexity index is 258. The van der Waals surface area contributed by atoms with Gasteiger partial charge in [-0.2, -0.15) is 0 Å². The van der Waals surface area contributed by atoms with Gasteiger partial charge in [-0.3, -0.25) is 14.8 Å². The van der Waals surface area contributed by atoms with Crippen molar-refractivity contribution in [2.45, 2.75) is 19.9 Å². The van der Waals surface area contributed by atoms with E-state index in [0.717, 1.165) is 5.96 Å². The van der Waals surface area contributed by atoms with Crippen LogP contribution in [0.2, 0.25) is 0 Å². The number of hydrogen-bond acceptors (Lipinski definition) is 2. The molecule has 0 aliphatic carbocycles. The summed E-state index contributed by atoms with van der Waals surface area (Å²) in [5.74, 6) is -0.353. The summed E-state index contributed by atoms with van der Waals surface area (Å²) in [5.41, 5.74) is 0. The Kier molecular flexibility index (Phi) is 7.54. The maximum absolute atomic E-state index is 10.9. The van der Waals surface area contributed by atoms with Crippen LogP contribution in [-0.4, -0.2) is 61.1 Å². The fraction of sp³-hybridized carbons (Fsp3) is 0.800. The van der Waals surface area contributed by atoms with Gasteiger partial charge in [-0.15, -0.1) is 0 Å². The van der Waals surface area contributed by atoms with Crippen molar-refractivity contribution < 1.29 is 20.0 Å². The Morgan fingerprint density at radius 1 is 1.31 bits per heavy atom. The molecule has 0 aromatic carbocycles. The van der Waals surface area contributed by atoms with Crippen LogP contribution < -0.4 is 10.4 Å². The largest absolute Gasteiger partial charge is 0.546 e. The third-order valence-electron chi connectivity index (χ3n) is 2.05. The van der Waals surface area contributed by atoms with E-state index in [0.29, 0.717) is 0 Å². The van der Waals surface area contributed by atoms with Crippen molar-refractivity contribution in [1.82, 2.24) is 10.2 Å². The molecule has 96 valence electrons. The van der Waals surface area contributed by atoms with E-state index < -0.39 is 12.0 Å². The molecule has 0 aliphatic rings. The highest BCUT2D eigenvalue weighted by Gasteiger charge is 2.22. The Balaban J connectivity index is 0. The van der Waals surface area contributed by atoms with Crippen molar-refractivity contribution in [2.75, 3.05) is 28.2 Å². The van der Waals surface area contributed by atoms with Crippen LogP contribution in [0, 0.1) is 5.92 Å². The molecule has 0 amide bonds. The summed E-state index contributed by atoms with van der Waals surface area (Å²) in [6.07, 6.45) is 0. The van der Waals surface area contributed by atoms with Crippen LogP contribution in [0.3, 0.4) is 0 Å². The lowest BCUT2D eigenvalue weighted by atomic mass is 10.1. The van der Waals surface area contributed by atoms with Crippen LogP contribution >= 0.6 is 0 Å². The first-order chi connectivity index (χ1) is 6.77. The number of carboxylic acids is 1. The average Bonchev–Trinajstić information content (AvgIpc) is 2.01. The summed E-state index contributed by atoms with van der Waals surface area (Å²) in [4.78, 5) is 12.7. The van der Waals surface area contributed by atoms with E-state index in [2.05, 4.69) is 5.32 Å². The van der Waals surface area contributed by atoms with Gasteiger partial charge in [0.05, 0.1) is 34.2 Å². The third-order valence-corrected chi connectivity index (χ3v) is 2.05. The number of rotatable bonds is 3. The summed E-state index contributed by atoms with van der Waals surface area (Å²) in [5, 5.41) is 13.9. The third kappa shape index (κ3) is 4.97. The summed E-state index contributed by atoms with van der Waals surface area (Å²) in [7, 11) is 7.42. The highest BCUT2D eigenvalue weighted by atomic mass is 16.4. The van der Waals surface area contributed by atoms with Gasteiger partial charge in [0, 0.05) is 0 Å². The average molecular weight is 233 g/mol. The van der Waals surface area contributed by atoms with E-state index in [1.165, 1.54) is 0 Å². The molecule has 0 saturated carbocycles. The smallest absolute Gasteiger partial charge is 0.347 e. The van der Waals surface area contributed by atoms with Gasteiger partial charge >= 0.3 is 5.96 Å². The maximum atomic E-state index is 10.9. The molecule has 0 heterocycles. The quantitative estimate of drug-likeness (QED) is 0.338. The zero-order chi connectivity index (χ0) is 12.2. The Morgan fingerprint density at radius 3 is 1.94 bits per heavy atom. The van der Waals surface area contributed by atoms with Gasteiger partial charge in [-0.05, 0) is 5.92 Å². The topological polar surface area (TPSA) is 89.9 Å². The Labute approximate surface area is 96.9 Å². The van der Waals surface area contributed by atoms with Crippen LogP contribution in [0.15, 0.2) is 0 Å². The van der Waals surface area contributed by atoms with E-state index in [1.807, 2.05) is 51.5 Å². The van der Waals surface area contributed by atoms with Gasteiger partial charge in [0.25, 0.3) is 0 Å². The van der Waals surface area contributed by atoms with Crippen LogP contribution in [0.4, 0.5) is 0 Å². The van der Waals surface area contributed by atoms with Crippen LogP contribution in [-0.2, 0) is 4.79 Å². The minimum absolute atomic E-state index is 0. The summed E-state index contributed by atoms with van der Waals surface area (Å²) in [6, 6.07) is -0.676. The van der Waals surface area contributed by atoms with E-state index >= 15 is 0 Å². The molecule has 0 unspecified atom stereocenters. The van der Waals surface area contributed by atoms with E-state index in [1.54, 1.807) is 0 Å². The molecule has 0 aromatic rings. The molecule has 0 saturated heterocycles. The first-order valence-electron chi connectivity index (χ1n) is 4.96. The van der Waals surface area contributed by atoms with Gasteiger partial charge in [0.1, 0.15) is 6.04 Å². The van der Waals surface area contributed by atoms with Crippen molar-refractivity contribution in [3.8, 4) is 0 Å². The fourth-order valence-electron chi connectivity index (χ4n) is 1.30. The summed E-state index contributed by atoms with van der Waals surface area (Å²) >= 11 is 0. The predicted octanol–water partition coefficient (Wildman–Crippen LogP) is -2.28. The van der Waals surface area contributed by atoms with E-state index in [-0.39, 0.29) is 11.4 Å².